The molecule has 0 saturated carbocycles. The molecule has 2 N–H and O–H groups in total. The van der Waals surface area contributed by atoms with Crippen LogP contribution in [0, 0.1) is 12.8 Å². The Morgan fingerprint density at radius 3 is 2.79 bits per heavy atom. The SMILES string of the molecule is Cc1cc(C(N)=S)nc(N(C)CC2CCOCC2)n1. The molecule has 19 heavy (non-hydrogen) atoms. The van der Waals surface area contributed by atoms with E-state index in [9.17, 15) is 0 Å². The second kappa shape index (κ2) is 6.25. The van der Waals surface area contributed by atoms with Crippen molar-refractivity contribution in [2.75, 3.05) is 31.7 Å². The van der Waals surface area contributed by atoms with Crippen LogP contribution in [0.1, 0.15) is 24.2 Å². The maximum atomic E-state index is 5.64. The summed E-state index contributed by atoms with van der Waals surface area (Å²) in [6.07, 6.45) is 2.19. The molecule has 1 fully saturated rings. The first-order valence-electron chi connectivity index (χ1n) is 6.50. The van der Waals surface area contributed by atoms with Crippen LogP contribution in [0.5, 0.6) is 0 Å². The van der Waals surface area contributed by atoms with Crippen LogP contribution in [0.4, 0.5) is 5.95 Å². The maximum absolute atomic E-state index is 5.64. The highest BCUT2D eigenvalue weighted by Gasteiger charge is 2.17. The van der Waals surface area contributed by atoms with E-state index in [1.165, 1.54) is 0 Å². The Kier molecular flexibility index (Phi) is 4.66. The molecule has 0 atom stereocenters. The van der Waals surface area contributed by atoms with Gasteiger partial charge in [0.1, 0.15) is 10.7 Å². The summed E-state index contributed by atoms with van der Waals surface area (Å²) in [4.78, 5) is 11.3. The maximum Gasteiger partial charge on any atom is 0.225 e. The molecular formula is C13H20N4OS. The van der Waals surface area contributed by atoms with Crippen LogP contribution in [0.2, 0.25) is 0 Å². The summed E-state index contributed by atoms with van der Waals surface area (Å²) in [5, 5.41) is 0. The third-order valence-electron chi connectivity index (χ3n) is 3.31. The second-order valence-electron chi connectivity index (χ2n) is 5.00. The summed E-state index contributed by atoms with van der Waals surface area (Å²) < 4.78 is 5.37. The van der Waals surface area contributed by atoms with Crippen molar-refractivity contribution in [3.8, 4) is 0 Å². The van der Waals surface area contributed by atoms with Crippen molar-refractivity contribution in [3.63, 3.8) is 0 Å². The van der Waals surface area contributed by atoms with E-state index in [0.29, 0.717) is 22.5 Å². The van der Waals surface area contributed by atoms with Gasteiger partial charge in [0.05, 0.1) is 0 Å². The molecule has 0 aliphatic carbocycles. The average molecular weight is 280 g/mol. The summed E-state index contributed by atoms with van der Waals surface area (Å²) in [5.74, 6) is 1.32. The van der Waals surface area contributed by atoms with Crippen LogP contribution in [0.3, 0.4) is 0 Å². The monoisotopic (exact) mass is 280 g/mol. The Bertz CT molecular complexity index is 460. The third-order valence-corrected chi connectivity index (χ3v) is 3.52. The summed E-state index contributed by atoms with van der Waals surface area (Å²) in [6, 6.07) is 1.81. The first kappa shape index (κ1) is 14.1. The number of ether oxygens (including phenoxy) is 1. The molecule has 1 aromatic rings. The predicted octanol–water partition coefficient (Wildman–Crippen LogP) is 1.28. The Balaban J connectivity index is 2.09. The Hall–Kier alpha value is -1.27. The van der Waals surface area contributed by atoms with Gasteiger partial charge in [-0.1, -0.05) is 12.2 Å². The molecule has 1 aliphatic rings. The van der Waals surface area contributed by atoms with Crippen LogP contribution in [-0.2, 0) is 4.74 Å². The lowest BCUT2D eigenvalue weighted by molar-refractivity contribution is 0.0684. The van der Waals surface area contributed by atoms with Gasteiger partial charge >= 0.3 is 0 Å². The summed E-state index contributed by atoms with van der Waals surface area (Å²) in [7, 11) is 2.01. The quantitative estimate of drug-likeness (QED) is 0.838. The fourth-order valence-corrected chi connectivity index (χ4v) is 2.35. The van der Waals surface area contributed by atoms with Gasteiger partial charge in [-0.25, -0.2) is 9.97 Å². The van der Waals surface area contributed by atoms with Crippen molar-refractivity contribution in [1.29, 1.82) is 0 Å². The number of anilines is 1. The first-order valence-corrected chi connectivity index (χ1v) is 6.91. The van der Waals surface area contributed by atoms with Gasteiger partial charge in [-0.05, 0) is 31.7 Å². The topological polar surface area (TPSA) is 64.3 Å². The number of nitrogens with two attached hydrogens (primary N) is 1. The smallest absolute Gasteiger partial charge is 0.225 e. The van der Waals surface area contributed by atoms with E-state index in [0.717, 1.165) is 38.3 Å². The summed E-state index contributed by atoms with van der Waals surface area (Å²) in [6.45, 7) is 4.56. The zero-order chi connectivity index (χ0) is 13.8. The molecule has 0 spiro atoms. The van der Waals surface area contributed by atoms with Gasteiger partial charge in [-0.3, -0.25) is 0 Å². The Morgan fingerprint density at radius 1 is 1.47 bits per heavy atom. The molecule has 0 unspecified atom stereocenters. The molecule has 2 heterocycles. The van der Waals surface area contributed by atoms with E-state index in [1.54, 1.807) is 0 Å². The van der Waals surface area contributed by atoms with Crippen molar-refractivity contribution in [2.45, 2.75) is 19.8 Å². The molecule has 1 aromatic heterocycles. The fraction of sp³-hybridized carbons (Fsp3) is 0.615. The molecule has 0 amide bonds. The van der Waals surface area contributed by atoms with Gasteiger partial charge in [-0.15, -0.1) is 0 Å². The minimum Gasteiger partial charge on any atom is -0.388 e. The lowest BCUT2D eigenvalue weighted by Crippen LogP contribution is -2.31. The van der Waals surface area contributed by atoms with Crippen molar-refractivity contribution >= 4 is 23.2 Å². The number of hydrogen-bond acceptors (Lipinski definition) is 5. The van der Waals surface area contributed by atoms with Gasteiger partial charge in [0.2, 0.25) is 5.95 Å². The number of hydrogen-bond donors (Lipinski definition) is 1. The highest BCUT2D eigenvalue weighted by Crippen LogP contribution is 2.18. The van der Waals surface area contributed by atoms with Crippen LogP contribution in [0.15, 0.2) is 6.07 Å². The molecule has 0 aromatic carbocycles. The summed E-state index contributed by atoms with van der Waals surface area (Å²) >= 11 is 4.98. The standard InChI is InChI=1S/C13H20N4OS/c1-9-7-11(12(14)19)16-13(15-9)17(2)8-10-3-5-18-6-4-10/h7,10H,3-6,8H2,1-2H3,(H2,14,19). The molecule has 1 aliphatic heterocycles. The van der Waals surface area contributed by atoms with Crippen LogP contribution in [-0.4, -0.2) is 41.8 Å². The van der Waals surface area contributed by atoms with E-state index >= 15 is 0 Å². The molecular weight excluding hydrogens is 260 g/mol. The van der Waals surface area contributed by atoms with E-state index in [-0.39, 0.29) is 0 Å². The highest BCUT2D eigenvalue weighted by molar-refractivity contribution is 7.80. The first-order chi connectivity index (χ1) is 9.06. The number of rotatable bonds is 4. The van der Waals surface area contributed by atoms with Gasteiger partial charge in [0.25, 0.3) is 0 Å². The van der Waals surface area contributed by atoms with E-state index in [4.69, 9.17) is 22.7 Å². The number of nitrogens with zero attached hydrogens (tertiary/aromatic N) is 3. The normalized spacial score (nSPS) is 16.3. The second-order valence-corrected chi connectivity index (χ2v) is 5.43. The third kappa shape index (κ3) is 3.84. The van der Waals surface area contributed by atoms with Crippen molar-refractivity contribution in [2.24, 2.45) is 11.7 Å². The fourth-order valence-electron chi connectivity index (χ4n) is 2.25. The minimum absolute atomic E-state index is 0.311. The molecule has 0 radical (unpaired) electrons. The van der Waals surface area contributed by atoms with Gasteiger partial charge in [0.15, 0.2) is 0 Å². The van der Waals surface area contributed by atoms with Crippen molar-refractivity contribution in [3.05, 3.63) is 17.5 Å². The molecule has 2 rings (SSSR count). The van der Waals surface area contributed by atoms with Crippen molar-refractivity contribution < 1.29 is 4.74 Å². The zero-order valence-electron chi connectivity index (χ0n) is 11.4. The molecule has 5 nitrogen and oxygen atoms in total. The van der Waals surface area contributed by atoms with E-state index in [2.05, 4.69) is 14.9 Å². The van der Waals surface area contributed by atoms with E-state index in [1.807, 2.05) is 20.0 Å². The minimum atomic E-state index is 0.311. The van der Waals surface area contributed by atoms with Crippen LogP contribution < -0.4 is 10.6 Å². The lowest BCUT2D eigenvalue weighted by atomic mass is 10.00. The van der Waals surface area contributed by atoms with Gasteiger partial charge < -0.3 is 15.4 Å². The van der Waals surface area contributed by atoms with Crippen LogP contribution in [0.25, 0.3) is 0 Å². The zero-order valence-corrected chi connectivity index (χ0v) is 12.2. The van der Waals surface area contributed by atoms with E-state index < -0.39 is 0 Å². The summed E-state index contributed by atoms with van der Waals surface area (Å²) in [5.41, 5.74) is 7.16. The van der Waals surface area contributed by atoms with Gasteiger partial charge in [-0.2, -0.15) is 0 Å². The highest BCUT2D eigenvalue weighted by atomic mass is 32.1. The molecule has 1 saturated heterocycles. The predicted molar refractivity (Wildman–Crippen MR) is 79.5 cm³/mol. The number of aromatic nitrogens is 2. The molecule has 0 bridgehead atoms. The van der Waals surface area contributed by atoms with Crippen molar-refractivity contribution in [1.82, 2.24) is 9.97 Å². The Labute approximate surface area is 119 Å². The molecule has 6 heteroatoms. The van der Waals surface area contributed by atoms with Gasteiger partial charge in [0, 0.05) is 32.5 Å². The Morgan fingerprint density at radius 2 is 2.16 bits per heavy atom. The number of aryl methyl sites for hydroxylation is 1. The average Bonchev–Trinajstić information content (AvgIpc) is 2.39. The largest absolute Gasteiger partial charge is 0.388 e. The van der Waals surface area contributed by atoms with Crippen LogP contribution >= 0.6 is 12.2 Å². The molecule has 104 valence electrons. The lowest BCUT2D eigenvalue weighted by Gasteiger charge is -2.27. The number of thiocarbonyl (C=S) groups is 1.